The van der Waals surface area contributed by atoms with Crippen molar-refractivity contribution in [1.82, 2.24) is 9.88 Å². The van der Waals surface area contributed by atoms with E-state index in [1.807, 2.05) is 19.1 Å². The lowest BCUT2D eigenvalue weighted by atomic mass is 10.1. The van der Waals surface area contributed by atoms with Crippen LogP contribution in [0.25, 0.3) is 0 Å². The Bertz CT molecular complexity index is 435. The molecule has 1 aromatic rings. The summed E-state index contributed by atoms with van der Waals surface area (Å²) in [7, 11) is 0. The summed E-state index contributed by atoms with van der Waals surface area (Å²) in [6.45, 7) is 6.64. The lowest BCUT2D eigenvalue weighted by molar-refractivity contribution is 0.230. The van der Waals surface area contributed by atoms with Crippen LogP contribution in [0.4, 0.5) is 5.82 Å². The zero-order valence-corrected chi connectivity index (χ0v) is 11.0. The van der Waals surface area contributed by atoms with Gasteiger partial charge in [0.1, 0.15) is 5.82 Å². The van der Waals surface area contributed by atoms with E-state index in [1.165, 1.54) is 19.4 Å². The van der Waals surface area contributed by atoms with Gasteiger partial charge >= 0.3 is 0 Å². The van der Waals surface area contributed by atoms with Gasteiger partial charge in [-0.05, 0) is 44.0 Å². The Kier molecular flexibility index (Phi) is 3.22. The normalized spacial score (nSPS) is 24.3. The summed E-state index contributed by atoms with van der Waals surface area (Å²) in [4.78, 5) is 9.59. The largest absolute Gasteiger partial charge is 0.392 e. The number of pyridine rings is 1. The van der Waals surface area contributed by atoms with Gasteiger partial charge in [-0.15, -0.1) is 0 Å². The molecular formula is C14H21N3O. The molecule has 0 aliphatic carbocycles. The number of hydrogen-bond donors (Lipinski definition) is 1. The van der Waals surface area contributed by atoms with Crippen LogP contribution in [-0.4, -0.2) is 47.2 Å². The zero-order valence-electron chi connectivity index (χ0n) is 11.0. The summed E-state index contributed by atoms with van der Waals surface area (Å²) < 4.78 is 0. The van der Waals surface area contributed by atoms with Gasteiger partial charge in [0.25, 0.3) is 0 Å². The topological polar surface area (TPSA) is 39.6 Å². The molecule has 4 nitrogen and oxygen atoms in total. The highest BCUT2D eigenvalue weighted by Crippen LogP contribution is 2.25. The zero-order chi connectivity index (χ0) is 12.5. The fourth-order valence-electron chi connectivity index (χ4n) is 3.17. The van der Waals surface area contributed by atoms with E-state index in [0.717, 1.165) is 36.7 Å². The maximum Gasteiger partial charge on any atom is 0.129 e. The van der Waals surface area contributed by atoms with Crippen molar-refractivity contribution in [2.45, 2.75) is 32.4 Å². The van der Waals surface area contributed by atoms with Crippen molar-refractivity contribution >= 4 is 5.82 Å². The molecule has 98 valence electrons. The molecule has 3 rings (SSSR count). The third-order valence-electron chi connectivity index (χ3n) is 4.09. The lowest BCUT2D eigenvalue weighted by Crippen LogP contribution is -2.50. The minimum absolute atomic E-state index is 0.0970. The predicted molar refractivity (Wildman–Crippen MR) is 71.7 cm³/mol. The molecule has 0 spiro atoms. The standard InChI is InChI=1S/C14H21N3O/c1-11-7-12(10-18)8-14(15-11)17-6-5-16-4-2-3-13(16)9-17/h7-8,13,18H,2-6,9-10H2,1H3. The third kappa shape index (κ3) is 2.22. The molecule has 1 aromatic heterocycles. The maximum atomic E-state index is 9.28. The number of aromatic nitrogens is 1. The molecule has 0 saturated carbocycles. The fraction of sp³-hybridized carbons (Fsp3) is 0.643. The Morgan fingerprint density at radius 1 is 1.33 bits per heavy atom. The third-order valence-corrected chi connectivity index (χ3v) is 4.09. The van der Waals surface area contributed by atoms with E-state index < -0.39 is 0 Å². The van der Waals surface area contributed by atoms with Crippen LogP contribution in [0.5, 0.6) is 0 Å². The molecule has 4 heteroatoms. The van der Waals surface area contributed by atoms with E-state index in [-0.39, 0.29) is 6.61 Å². The molecular weight excluding hydrogens is 226 g/mol. The Balaban J connectivity index is 1.80. The molecule has 0 bridgehead atoms. The van der Waals surface area contributed by atoms with Crippen molar-refractivity contribution in [3.05, 3.63) is 23.4 Å². The van der Waals surface area contributed by atoms with Crippen LogP contribution in [-0.2, 0) is 6.61 Å². The van der Waals surface area contributed by atoms with Crippen LogP contribution < -0.4 is 4.90 Å². The molecule has 2 aliphatic rings. The second-order valence-corrected chi connectivity index (χ2v) is 5.41. The first kappa shape index (κ1) is 11.9. The van der Waals surface area contributed by atoms with Crippen LogP contribution in [0, 0.1) is 6.92 Å². The summed E-state index contributed by atoms with van der Waals surface area (Å²) in [5, 5.41) is 9.28. The average Bonchev–Trinajstić information content (AvgIpc) is 2.85. The fourth-order valence-corrected chi connectivity index (χ4v) is 3.17. The molecule has 1 unspecified atom stereocenters. The van der Waals surface area contributed by atoms with Gasteiger partial charge < -0.3 is 10.0 Å². The molecule has 1 N–H and O–H groups in total. The van der Waals surface area contributed by atoms with Crippen molar-refractivity contribution in [1.29, 1.82) is 0 Å². The van der Waals surface area contributed by atoms with Crippen LogP contribution in [0.1, 0.15) is 24.1 Å². The van der Waals surface area contributed by atoms with Crippen molar-refractivity contribution in [2.75, 3.05) is 31.1 Å². The molecule has 2 fully saturated rings. The van der Waals surface area contributed by atoms with Crippen molar-refractivity contribution in [3.63, 3.8) is 0 Å². The molecule has 2 saturated heterocycles. The SMILES string of the molecule is Cc1cc(CO)cc(N2CCN3CCCC3C2)n1. The summed E-state index contributed by atoms with van der Waals surface area (Å²) in [5.74, 6) is 1.03. The number of piperazine rings is 1. The lowest BCUT2D eigenvalue weighted by Gasteiger charge is -2.38. The van der Waals surface area contributed by atoms with Gasteiger partial charge in [0.05, 0.1) is 6.61 Å². The summed E-state index contributed by atoms with van der Waals surface area (Å²) in [5.41, 5.74) is 1.96. The van der Waals surface area contributed by atoms with E-state index in [9.17, 15) is 5.11 Å². The van der Waals surface area contributed by atoms with Crippen LogP contribution in [0.2, 0.25) is 0 Å². The molecule has 0 aromatic carbocycles. The summed E-state index contributed by atoms with van der Waals surface area (Å²) in [6, 6.07) is 4.69. The number of aliphatic hydroxyl groups is 1. The first-order valence-corrected chi connectivity index (χ1v) is 6.83. The van der Waals surface area contributed by atoms with Gasteiger partial charge in [-0.3, -0.25) is 4.90 Å². The minimum atomic E-state index is 0.0970. The van der Waals surface area contributed by atoms with Crippen LogP contribution in [0.15, 0.2) is 12.1 Å². The minimum Gasteiger partial charge on any atom is -0.392 e. The molecule has 3 heterocycles. The monoisotopic (exact) mass is 247 g/mol. The molecule has 2 aliphatic heterocycles. The van der Waals surface area contributed by atoms with E-state index in [0.29, 0.717) is 6.04 Å². The highest BCUT2D eigenvalue weighted by Gasteiger charge is 2.31. The van der Waals surface area contributed by atoms with Crippen molar-refractivity contribution < 1.29 is 5.11 Å². The Morgan fingerprint density at radius 3 is 3.06 bits per heavy atom. The smallest absolute Gasteiger partial charge is 0.129 e. The van der Waals surface area contributed by atoms with E-state index in [4.69, 9.17) is 0 Å². The quantitative estimate of drug-likeness (QED) is 0.851. The summed E-state index contributed by atoms with van der Waals surface area (Å²) in [6.07, 6.45) is 2.65. The van der Waals surface area contributed by atoms with Crippen molar-refractivity contribution in [3.8, 4) is 0 Å². The molecule has 1 atom stereocenters. The Morgan fingerprint density at radius 2 is 2.22 bits per heavy atom. The number of nitrogens with zero attached hydrogens (tertiary/aromatic N) is 3. The van der Waals surface area contributed by atoms with Crippen LogP contribution in [0.3, 0.4) is 0 Å². The van der Waals surface area contributed by atoms with E-state index >= 15 is 0 Å². The highest BCUT2D eigenvalue weighted by atomic mass is 16.3. The maximum absolute atomic E-state index is 9.28. The molecule has 0 radical (unpaired) electrons. The van der Waals surface area contributed by atoms with E-state index in [1.54, 1.807) is 0 Å². The Labute approximate surface area is 108 Å². The number of anilines is 1. The van der Waals surface area contributed by atoms with Crippen molar-refractivity contribution in [2.24, 2.45) is 0 Å². The first-order valence-electron chi connectivity index (χ1n) is 6.83. The van der Waals surface area contributed by atoms with Gasteiger partial charge in [0, 0.05) is 31.4 Å². The second-order valence-electron chi connectivity index (χ2n) is 5.41. The average molecular weight is 247 g/mol. The second kappa shape index (κ2) is 4.86. The predicted octanol–water partition coefficient (Wildman–Crippen LogP) is 1.17. The van der Waals surface area contributed by atoms with Gasteiger partial charge in [0.2, 0.25) is 0 Å². The molecule has 18 heavy (non-hydrogen) atoms. The molecule has 0 amide bonds. The van der Waals surface area contributed by atoms with Gasteiger partial charge in [0.15, 0.2) is 0 Å². The number of rotatable bonds is 2. The number of hydrogen-bond acceptors (Lipinski definition) is 4. The van der Waals surface area contributed by atoms with E-state index in [2.05, 4.69) is 14.8 Å². The Hall–Kier alpha value is -1.13. The number of fused-ring (bicyclic) bond motifs is 1. The van der Waals surface area contributed by atoms with Gasteiger partial charge in [-0.1, -0.05) is 0 Å². The first-order chi connectivity index (χ1) is 8.76. The number of aryl methyl sites for hydroxylation is 1. The highest BCUT2D eigenvalue weighted by molar-refractivity contribution is 5.43. The summed E-state index contributed by atoms with van der Waals surface area (Å²) >= 11 is 0. The van der Waals surface area contributed by atoms with Gasteiger partial charge in [-0.25, -0.2) is 4.98 Å². The number of aliphatic hydroxyl groups excluding tert-OH is 1. The van der Waals surface area contributed by atoms with Gasteiger partial charge in [-0.2, -0.15) is 0 Å². The van der Waals surface area contributed by atoms with Crippen LogP contribution >= 0.6 is 0 Å².